The number of carbonyl (C=O) groups is 1. The molecule has 0 unspecified atom stereocenters. The Morgan fingerprint density at radius 2 is 1.79 bits per heavy atom. The molecule has 1 N–H and O–H groups in total. The number of ether oxygens (including phenoxy) is 1. The molecule has 6 nitrogen and oxygen atoms in total. The monoisotopic (exact) mass is 492 g/mol. The quantitative estimate of drug-likeness (QED) is 0.244. The molecular weight excluding hydrogens is 468 g/mol. The fourth-order valence-electron chi connectivity index (χ4n) is 3.48. The van der Waals surface area contributed by atoms with Gasteiger partial charge in [-0.3, -0.25) is 9.36 Å². The zero-order valence-electron chi connectivity index (χ0n) is 18.8. The number of nitrogens with one attached hydrogen (secondary N) is 1. The molecular formula is C26H25ClN4O2S. The van der Waals surface area contributed by atoms with Crippen molar-refractivity contribution >= 4 is 29.3 Å². The van der Waals surface area contributed by atoms with Gasteiger partial charge in [-0.25, -0.2) is 0 Å². The smallest absolute Gasteiger partial charge is 0.251 e. The van der Waals surface area contributed by atoms with Crippen LogP contribution in [0, 0.1) is 0 Å². The Bertz CT molecular complexity index is 1250. The summed E-state index contributed by atoms with van der Waals surface area (Å²) in [6.45, 7) is 0.951. The Balaban J connectivity index is 1.55. The molecule has 0 aliphatic rings. The number of amides is 1. The molecule has 1 aromatic heterocycles. The first kappa shape index (κ1) is 24.0. The van der Waals surface area contributed by atoms with Crippen LogP contribution < -0.4 is 5.32 Å². The van der Waals surface area contributed by atoms with Crippen LogP contribution in [0.2, 0.25) is 5.02 Å². The lowest BCUT2D eigenvalue weighted by Gasteiger charge is -2.11. The molecule has 0 aliphatic heterocycles. The van der Waals surface area contributed by atoms with Gasteiger partial charge < -0.3 is 10.1 Å². The number of methoxy groups -OCH3 is 1. The molecule has 1 amide bonds. The first-order chi connectivity index (χ1) is 16.6. The zero-order valence-corrected chi connectivity index (χ0v) is 20.4. The van der Waals surface area contributed by atoms with Gasteiger partial charge in [0.2, 0.25) is 0 Å². The number of nitrogens with zero attached hydrogens (tertiary/aromatic N) is 3. The van der Waals surface area contributed by atoms with Gasteiger partial charge in [-0.15, -0.1) is 10.2 Å². The van der Waals surface area contributed by atoms with E-state index in [0.717, 1.165) is 27.8 Å². The highest BCUT2D eigenvalue weighted by Crippen LogP contribution is 2.27. The Morgan fingerprint density at radius 3 is 2.59 bits per heavy atom. The van der Waals surface area contributed by atoms with Gasteiger partial charge in [-0.1, -0.05) is 71.9 Å². The molecule has 1 heterocycles. The minimum Gasteiger partial charge on any atom is -0.383 e. The van der Waals surface area contributed by atoms with Gasteiger partial charge in [0, 0.05) is 36.4 Å². The lowest BCUT2D eigenvalue weighted by atomic mass is 10.1. The molecule has 4 rings (SSSR count). The summed E-state index contributed by atoms with van der Waals surface area (Å²) in [5.74, 6) is 1.36. The van der Waals surface area contributed by atoms with Gasteiger partial charge in [0.25, 0.3) is 5.91 Å². The maximum absolute atomic E-state index is 12.4. The van der Waals surface area contributed by atoms with Crippen LogP contribution in [0.5, 0.6) is 0 Å². The van der Waals surface area contributed by atoms with Crippen molar-refractivity contribution in [2.45, 2.75) is 17.3 Å². The summed E-state index contributed by atoms with van der Waals surface area (Å²) < 4.78 is 7.04. The van der Waals surface area contributed by atoms with Crippen molar-refractivity contribution in [3.63, 3.8) is 0 Å². The number of rotatable bonds is 10. The molecule has 3 aromatic carbocycles. The molecule has 0 aliphatic carbocycles. The largest absolute Gasteiger partial charge is 0.383 e. The van der Waals surface area contributed by atoms with Crippen LogP contribution in [0.15, 0.2) is 84.0 Å². The van der Waals surface area contributed by atoms with Crippen molar-refractivity contribution in [3.05, 3.63) is 106 Å². The first-order valence-electron chi connectivity index (χ1n) is 10.9. The van der Waals surface area contributed by atoms with Crippen LogP contribution in [0.1, 0.15) is 27.3 Å². The van der Waals surface area contributed by atoms with E-state index in [4.69, 9.17) is 16.3 Å². The van der Waals surface area contributed by atoms with Crippen LogP contribution in [0.25, 0.3) is 5.69 Å². The van der Waals surface area contributed by atoms with E-state index < -0.39 is 0 Å². The average molecular weight is 493 g/mol. The van der Waals surface area contributed by atoms with E-state index in [1.165, 1.54) is 0 Å². The Labute approximate surface area is 208 Å². The molecule has 4 aromatic rings. The zero-order chi connectivity index (χ0) is 23.8. The predicted octanol–water partition coefficient (Wildman–Crippen LogP) is 5.18. The third-order valence-electron chi connectivity index (χ3n) is 5.12. The van der Waals surface area contributed by atoms with Crippen molar-refractivity contribution in [1.29, 1.82) is 0 Å². The van der Waals surface area contributed by atoms with Crippen LogP contribution >= 0.6 is 23.4 Å². The van der Waals surface area contributed by atoms with Gasteiger partial charge in [0.05, 0.1) is 12.3 Å². The van der Waals surface area contributed by atoms with E-state index in [1.807, 2.05) is 71.3 Å². The van der Waals surface area contributed by atoms with Crippen LogP contribution in [0.4, 0.5) is 0 Å². The average Bonchev–Trinajstić information content (AvgIpc) is 3.26. The second-order valence-corrected chi connectivity index (χ2v) is 8.99. The normalized spacial score (nSPS) is 10.9. The third-order valence-corrected chi connectivity index (χ3v) is 6.36. The Kier molecular flexibility index (Phi) is 8.36. The van der Waals surface area contributed by atoms with Gasteiger partial charge in [0.1, 0.15) is 5.82 Å². The number of benzene rings is 3. The highest BCUT2D eigenvalue weighted by molar-refractivity contribution is 7.98. The standard InChI is InChI=1S/C26H25ClN4O2S/c1-33-14-13-28-25(32)21-10-5-9-20(15-21)18-34-26-30-29-24(16-19-7-3-2-4-8-19)31(26)23-12-6-11-22(27)17-23/h2-12,15,17H,13-14,16,18H2,1H3,(H,28,32). The summed E-state index contributed by atoms with van der Waals surface area (Å²) in [7, 11) is 1.61. The summed E-state index contributed by atoms with van der Waals surface area (Å²) in [6.07, 6.45) is 0.651. The fourth-order valence-corrected chi connectivity index (χ4v) is 4.58. The van der Waals surface area contributed by atoms with Gasteiger partial charge in [0.15, 0.2) is 5.16 Å². The van der Waals surface area contributed by atoms with E-state index in [9.17, 15) is 4.79 Å². The molecule has 0 saturated carbocycles. The lowest BCUT2D eigenvalue weighted by molar-refractivity contribution is 0.0937. The molecule has 174 valence electrons. The van der Waals surface area contributed by atoms with Crippen LogP contribution in [-0.4, -0.2) is 40.9 Å². The van der Waals surface area contributed by atoms with Gasteiger partial charge >= 0.3 is 0 Å². The van der Waals surface area contributed by atoms with E-state index in [-0.39, 0.29) is 5.91 Å². The highest BCUT2D eigenvalue weighted by Gasteiger charge is 2.16. The minimum absolute atomic E-state index is 0.115. The summed E-state index contributed by atoms with van der Waals surface area (Å²) in [5, 5.41) is 13.2. The summed E-state index contributed by atoms with van der Waals surface area (Å²) in [6, 6.07) is 25.5. The highest BCUT2D eigenvalue weighted by atomic mass is 35.5. The first-order valence-corrected chi connectivity index (χ1v) is 12.2. The Morgan fingerprint density at radius 1 is 1.00 bits per heavy atom. The summed E-state index contributed by atoms with van der Waals surface area (Å²) in [5.41, 5.74) is 3.71. The van der Waals surface area contributed by atoms with Gasteiger partial charge in [-0.05, 0) is 41.5 Å². The van der Waals surface area contributed by atoms with Crippen molar-refractivity contribution in [2.24, 2.45) is 0 Å². The van der Waals surface area contributed by atoms with Gasteiger partial charge in [-0.2, -0.15) is 0 Å². The number of carbonyl (C=O) groups excluding carboxylic acids is 1. The van der Waals surface area contributed by atoms with E-state index >= 15 is 0 Å². The number of thioether (sulfide) groups is 1. The maximum atomic E-state index is 12.4. The fraction of sp³-hybridized carbons (Fsp3) is 0.192. The van der Waals surface area contributed by atoms with Crippen LogP contribution in [0.3, 0.4) is 0 Å². The van der Waals surface area contributed by atoms with Crippen molar-refractivity contribution < 1.29 is 9.53 Å². The summed E-state index contributed by atoms with van der Waals surface area (Å²) in [4.78, 5) is 12.4. The number of hydrogen-bond donors (Lipinski definition) is 1. The van der Waals surface area contributed by atoms with E-state index in [2.05, 4.69) is 27.6 Å². The number of aromatic nitrogens is 3. The predicted molar refractivity (Wildman–Crippen MR) is 136 cm³/mol. The third kappa shape index (κ3) is 6.26. The SMILES string of the molecule is COCCNC(=O)c1cccc(CSc2nnc(Cc3ccccc3)n2-c2cccc(Cl)c2)c1. The molecule has 0 bridgehead atoms. The second-order valence-electron chi connectivity index (χ2n) is 7.61. The maximum Gasteiger partial charge on any atom is 0.251 e. The molecule has 0 saturated heterocycles. The topological polar surface area (TPSA) is 69.0 Å². The molecule has 0 radical (unpaired) electrons. The van der Waals surface area contributed by atoms with Crippen molar-refractivity contribution in [2.75, 3.05) is 20.3 Å². The van der Waals surface area contributed by atoms with Crippen LogP contribution in [-0.2, 0) is 16.9 Å². The Hall–Kier alpha value is -3.13. The number of hydrogen-bond acceptors (Lipinski definition) is 5. The molecule has 8 heteroatoms. The summed E-state index contributed by atoms with van der Waals surface area (Å²) >= 11 is 7.85. The molecule has 0 fully saturated rings. The molecule has 0 spiro atoms. The molecule has 34 heavy (non-hydrogen) atoms. The van der Waals surface area contributed by atoms with Crippen molar-refractivity contribution in [1.82, 2.24) is 20.1 Å². The van der Waals surface area contributed by atoms with E-state index in [1.54, 1.807) is 18.9 Å². The number of halogens is 1. The minimum atomic E-state index is -0.115. The second kappa shape index (κ2) is 11.8. The van der Waals surface area contributed by atoms with Crippen molar-refractivity contribution in [3.8, 4) is 5.69 Å². The lowest BCUT2D eigenvalue weighted by Crippen LogP contribution is -2.26. The van der Waals surface area contributed by atoms with E-state index in [0.29, 0.717) is 35.9 Å². The molecule has 0 atom stereocenters.